The SMILES string of the molecule is COCCN1C(=O)C(=O)/C(=C(/O)c2ccc(OC)cc2OC)C1c1ccccc1F. The maximum atomic E-state index is 14.6. The van der Waals surface area contributed by atoms with Gasteiger partial charge in [-0.1, -0.05) is 18.2 Å². The number of methoxy groups -OCH3 is 3. The second-order valence-corrected chi connectivity index (χ2v) is 6.57. The van der Waals surface area contributed by atoms with Crippen molar-refractivity contribution in [2.45, 2.75) is 6.04 Å². The molecule has 158 valence electrons. The van der Waals surface area contributed by atoms with E-state index in [2.05, 4.69) is 0 Å². The maximum absolute atomic E-state index is 14.6. The van der Waals surface area contributed by atoms with Crippen molar-refractivity contribution in [3.63, 3.8) is 0 Å². The number of ketones is 1. The van der Waals surface area contributed by atoms with E-state index in [0.29, 0.717) is 5.75 Å². The van der Waals surface area contributed by atoms with Crippen molar-refractivity contribution in [1.29, 1.82) is 0 Å². The Bertz CT molecular complexity index is 1000. The molecule has 0 aliphatic carbocycles. The fourth-order valence-electron chi connectivity index (χ4n) is 3.46. The average Bonchev–Trinajstić information content (AvgIpc) is 3.01. The van der Waals surface area contributed by atoms with E-state index in [9.17, 15) is 19.1 Å². The lowest BCUT2D eigenvalue weighted by Gasteiger charge is -2.25. The molecule has 1 aliphatic heterocycles. The molecule has 1 heterocycles. The van der Waals surface area contributed by atoms with Crippen molar-refractivity contribution in [2.75, 3.05) is 34.5 Å². The minimum absolute atomic E-state index is 0.0522. The number of likely N-dealkylation sites (tertiary alicyclic amines) is 1. The summed E-state index contributed by atoms with van der Waals surface area (Å²) in [6.07, 6.45) is 0. The molecular weight excluding hydrogens is 393 g/mol. The summed E-state index contributed by atoms with van der Waals surface area (Å²) in [5.41, 5.74) is 0.0656. The third kappa shape index (κ3) is 3.73. The lowest BCUT2D eigenvalue weighted by atomic mass is 9.94. The van der Waals surface area contributed by atoms with Crippen LogP contribution in [0, 0.1) is 5.82 Å². The van der Waals surface area contributed by atoms with Crippen molar-refractivity contribution in [3.8, 4) is 11.5 Å². The number of hydrogen-bond donors (Lipinski definition) is 1. The van der Waals surface area contributed by atoms with E-state index in [-0.39, 0.29) is 35.6 Å². The number of benzene rings is 2. The zero-order valence-corrected chi connectivity index (χ0v) is 16.8. The fourth-order valence-corrected chi connectivity index (χ4v) is 3.46. The smallest absolute Gasteiger partial charge is 0.295 e. The minimum Gasteiger partial charge on any atom is -0.507 e. The first-order valence-corrected chi connectivity index (χ1v) is 9.18. The summed E-state index contributed by atoms with van der Waals surface area (Å²) in [6, 6.07) is 9.34. The zero-order chi connectivity index (χ0) is 21.8. The Balaban J connectivity index is 2.23. The van der Waals surface area contributed by atoms with Gasteiger partial charge in [0, 0.05) is 25.3 Å². The molecule has 0 bridgehead atoms. The standard InChI is InChI=1S/C22H22FNO6/c1-28-11-10-24-19(14-6-4-5-7-16(14)23)18(21(26)22(24)27)20(25)15-9-8-13(29-2)12-17(15)30-3/h4-9,12,19,25H,10-11H2,1-3H3/b20-18+. The van der Waals surface area contributed by atoms with E-state index >= 15 is 0 Å². The molecule has 2 aromatic carbocycles. The van der Waals surface area contributed by atoms with Crippen LogP contribution in [0.3, 0.4) is 0 Å². The van der Waals surface area contributed by atoms with E-state index < -0.39 is 29.3 Å². The molecule has 0 spiro atoms. The summed E-state index contributed by atoms with van der Waals surface area (Å²) in [7, 11) is 4.34. The van der Waals surface area contributed by atoms with Crippen molar-refractivity contribution in [1.82, 2.24) is 4.90 Å². The lowest BCUT2D eigenvalue weighted by Crippen LogP contribution is -2.33. The van der Waals surface area contributed by atoms with Gasteiger partial charge in [0.1, 0.15) is 23.1 Å². The Morgan fingerprint density at radius 3 is 2.47 bits per heavy atom. The van der Waals surface area contributed by atoms with Crippen molar-refractivity contribution in [3.05, 3.63) is 65.0 Å². The van der Waals surface area contributed by atoms with Gasteiger partial charge in [0.15, 0.2) is 0 Å². The Hall–Kier alpha value is -3.39. The highest BCUT2D eigenvalue weighted by Gasteiger charge is 2.47. The predicted octanol–water partition coefficient (Wildman–Crippen LogP) is 2.91. The van der Waals surface area contributed by atoms with Crippen LogP contribution in [0.4, 0.5) is 4.39 Å². The van der Waals surface area contributed by atoms with E-state index in [1.807, 2.05) is 0 Å². The second-order valence-electron chi connectivity index (χ2n) is 6.57. The molecule has 1 saturated heterocycles. The number of ether oxygens (including phenoxy) is 3. The Kier molecular flexibility index (Phi) is 6.37. The summed E-state index contributed by atoms with van der Waals surface area (Å²) in [4.78, 5) is 26.8. The highest BCUT2D eigenvalue weighted by Crippen LogP contribution is 2.42. The highest BCUT2D eigenvalue weighted by molar-refractivity contribution is 6.46. The number of halogens is 1. The summed E-state index contributed by atoms with van der Waals surface area (Å²) >= 11 is 0. The number of amides is 1. The van der Waals surface area contributed by atoms with Crippen LogP contribution in [0.1, 0.15) is 17.2 Å². The number of Topliss-reactive ketones (excluding diaryl/α,β-unsaturated/α-hetero) is 1. The number of nitrogens with zero attached hydrogens (tertiary/aromatic N) is 1. The summed E-state index contributed by atoms with van der Waals surface area (Å²) < 4.78 is 30.1. The van der Waals surface area contributed by atoms with Gasteiger partial charge in [-0.3, -0.25) is 9.59 Å². The first kappa shape index (κ1) is 21.3. The molecule has 1 amide bonds. The van der Waals surface area contributed by atoms with E-state index in [0.717, 1.165) is 0 Å². The van der Waals surface area contributed by atoms with Gasteiger partial charge in [0.25, 0.3) is 11.7 Å². The largest absolute Gasteiger partial charge is 0.507 e. The third-order valence-corrected chi connectivity index (χ3v) is 4.94. The van der Waals surface area contributed by atoms with Gasteiger partial charge in [-0.25, -0.2) is 4.39 Å². The first-order chi connectivity index (χ1) is 14.4. The van der Waals surface area contributed by atoms with Gasteiger partial charge in [-0.2, -0.15) is 0 Å². The average molecular weight is 415 g/mol. The maximum Gasteiger partial charge on any atom is 0.295 e. The molecule has 2 aromatic rings. The molecule has 1 fully saturated rings. The van der Waals surface area contributed by atoms with Gasteiger partial charge in [0.2, 0.25) is 0 Å². The molecule has 1 N–H and O–H groups in total. The van der Waals surface area contributed by atoms with Crippen LogP contribution in [0.25, 0.3) is 5.76 Å². The molecule has 7 nitrogen and oxygen atoms in total. The molecular formula is C22H22FNO6. The van der Waals surface area contributed by atoms with Crippen molar-refractivity contribution >= 4 is 17.4 Å². The number of carbonyl (C=O) groups is 2. The molecule has 0 aromatic heterocycles. The monoisotopic (exact) mass is 415 g/mol. The number of hydrogen-bond acceptors (Lipinski definition) is 6. The molecule has 0 radical (unpaired) electrons. The minimum atomic E-state index is -1.10. The molecule has 1 aliphatic rings. The molecule has 3 rings (SSSR count). The van der Waals surface area contributed by atoms with Crippen LogP contribution in [0.2, 0.25) is 0 Å². The summed E-state index contributed by atoms with van der Waals surface area (Å²) in [5.74, 6) is -2.08. The quantitative estimate of drug-likeness (QED) is 0.425. The summed E-state index contributed by atoms with van der Waals surface area (Å²) in [5, 5.41) is 11.1. The molecule has 30 heavy (non-hydrogen) atoms. The van der Waals surface area contributed by atoms with Gasteiger partial charge in [0.05, 0.1) is 38.0 Å². The predicted molar refractivity (Wildman–Crippen MR) is 107 cm³/mol. The van der Waals surface area contributed by atoms with Gasteiger partial charge >= 0.3 is 0 Å². The Morgan fingerprint density at radius 2 is 1.83 bits per heavy atom. The third-order valence-electron chi connectivity index (χ3n) is 4.94. The van der Waals surface area contributed by atoms with Crippen molar-refractivity contribution < 1.29 is 33.3 Å². The van der Waals surface area contributed by atoms with Gasteiger partial charge in [-0.15, -0.1) is 0 Å². The van der Waals surface area contributed by atoms with Crippen LogP contribution in [0.15, 0.2) is 48.0 Å². The number of aliphatic hydroxyl groups excluding tert-OH is 1. The lowest BCUT2D eigenvalue weighted by molar-refractivity contribution is -0.140. The first-order valence-electron chi connectivity index (χ1n) is 9.18. The van der Waals surface area contributed by atoms with Crippen LogP contribution < -0.4 is 9.47 Å². The fraction of sp³-hybridized carbons (Fsp3) is 0.273. The van der Waals surface area contributed by atoms with E-state index in [1.165, 1.54) is 56.6 Å². The van der Waals surface area contributed by atoms with Crippen LogP contribution in [0.5, 0.6) is 11.5 Å². The number of aliphatic hydroxyl groups is 1. The van der Waals surface area contributed by atoms with Crippen LogP contribution >= 0.6 is 0 Å². The van der Waals surface area contributed by atoms with Crippen LogP contribution in [-0.4, -0.2) is 56.2 Å². The van der Waals surface area contributed by atoms with E-state index in [4.69, 9.17) is 14.2 Å². The number of rotatable bonds is 7. The van der Waals surface area contributed by atoms with Gasteiger partial charge in [-0.05, 0) is 18.2 Å². The number of carbonyl (C=O) groups excluding carboxylic acids is 2. The van der Waals surface area contributed by atoms with E-state index in [1.54, 1.807) is 12.1 Å². The second kappa shape index (κ2) is 8.96. The Morgan fingerprint density at radius 1 is 1.10 bits per heavy atom. The van der Waals surface area contributed by atoms with Gasteiger partial charge < -0.3 is 24.2 Å². The van der Waals surface area contributed by atoms with Crippen LogP contribution in [-0.2, 0) is 14.3 Å². The molecule has 8 heteroatoms. The molecule has 0 saturated carbocycles. The summed E-state index contributed by atoms with van der Waals surface area (Å²) in [6.45, 7) is 0.195. The molecule has 1 atom stereocenters. The topological polar surface area (TPSA) is 85.3 Å². The molecule has 1 unspecified atom stereocenters. The van der Waals surface area contributed by atoms with Crippen molar-refractivity contribution in [2.24, 2.45) is 0 Å². The highest BCUT2D eigenvalue weighted by atomic mass is 19.1. The zero-order valence-electron chi connectivity index (χ0n) is 16.8. The normalized spacial score (nSPS) is 18.0. The Labute approximate surface area is 173 Å².